The van der Waals surface area contributed by atoms with Crippen molar-refractivity contribution in [3.63, 3.8) is 0 Å². The molecule has 3 aromatic rings. The SMILES string of the molecule is Cc1nn(C)c(C)c1S(=O)(=O)Nc1cnn(Cc2c(F)cccc2Cl)c1. The zero-order valence-corrected chi connectivity index (χ0v) is 15.9. The highest BCUT2D eigenvalue weighted by atomic mass is 35.5. The lowest BCUT2D eigenvalue weighted by atomic mass is 10.2. The average Bonchev–Trinajstić information content (AvgIpc) is 3.07. The van der Waals surface area contributed by atoms with Gasteiger partial charge in [-0.3, -0.25) is 14.1 Å². The molecule has 1 aromatic carbocycles. The molecule has 138 valence electrons. The molecule has 1 N–H and O–H groups in total. The van der Waals surface area contributed by atoms with Crippen LogP contribution in [0.15, 0.2) is 35.5 Å². The summed E-state index contributed by atoms with van der Waals surface area (Å²) in [5.41, 5.74) is 1.48. The zero-order chi connectivity index (χ0) is 19.1. The number of benzene rings is 1. The summed E-state index contributed by atoms with van der Waals surface area (Å²) in [6.45, 7) is 3.39. The summed E-state index contributed by atoms with van der Waals surface area (Å²) in [4.78, 5) is 0.130. The highest BCUT2D eigenvalue weighted by Gasteiger charge is 2.24. The molecule has 0 saturated carbocycles. The number of sulfonamides is 1. The van der Waals surface area contributed by atoms with Crippen LogP contribution >= 0.6 is 11.6 Å². The van der Waals surface area contributed by atoms with Crippen LogP contribution in [0.2, 0.25) is 5.02 Å². The molecule has 0 amide bonds. The van der Waals surface area contributed by atoms with Crippen molar-refractivity contribution in [3.8, 4) is 0 Å². The van der Waals surface area contributed by atoms with Crippen LogP contribution in [0, 0.1) is 19.7 Å². The van der Waals surface area contributed by atoms with E-state index >= 15 is 0 Å². The summed E-state index contributed by atoms with van der Waals surface area (Å²) >= 11 is 6.01. The monoisotopic (exact) mass is 397 g/mol. The highest BCUT2D eigenvalue weighted by Crippen LogP contribution is 2.23. The number of nitrogens with one attached hydrogen (secondary N) is 1. The number of rotatable bonds is 5. The molecule has 0 atom stereocenters. The number of halogens is 2. The quantitative estimate of drug-likeness (QED) is 0.717. The number of anilines is 1. The van der Waals surface area contributed by atoms with Gasteiger partial charge in [-0.05, 0) is 26.0 Å². The predicted octanol–water partition coefficient (Wildman–Crippen LogP) is 2.88. The Balaban J connectivity index is 1.84. The van der Waals surface area contributed by atoms with Crippen LogP contribution in [0.1, 0.15) is 17.0 Å². The number of hydrogen-bond donors (Lipinski definition) is 1. The molecule has 0 aliphatic carbocycles. The molecule has 0 radical (unpaired) electrons. The average molecular weight is 398 g/mol. The topological polar surface area (TPSA) is 81.8 Å². The van der Waals surface area contributed by atoms with Crippen LogP contribution in [-0.2, 0) is 23.6 Å². The van der Waals surface area contributed by atoms with Crippen LogP contribution in [-0.4, -0.2) is 28.0 Å². The first kappa shape index (κ1) is 18.4. The van der Waals surface area contributed by atoms with Crippen molar-refractivity contribution < 1.29 is 12.8 Å². The fourth-order valence-corrected chi connectivity index (χ4v) is 4.39. The van der Waals surface area contributed by atoms with E-state index in [1.165, 1.54) is 33.9 Å². The molecular weight excluding hydrogens is 381 g/mol. The Kier molecular flexibility index (Phi) is 4.76. The van der Waals surface area contributed by atoms with Crippen LogP contribution in [0.5, 0.6) is 0 Å². The molecule has 7 nitrogen and oxygen atoms in total. The van der Waals surface area contributed by atoms with Gasteiger partial charge in [0, 0.05) is 23.8 Å². The van der Waals surface area contributed by atoms with E-state index in [2.05, 4.69) is 14.9 Å². The Bertz CT molecular complexity index is 1050. The van der Waals surface area contributed by atoms with Gasteiger partial charge in [0.2, 0.25) is 0 Å². The number of nitrogens with zero attached hydrogens (tertiary/aromatic N) is 4. The van der Waals surface area contributed by atoms with Gasteiger partial charge in [-0.2, -0.15) is 10.2 Å². The molecule has 0 bridgehead atoms. The molecule has 0 fully saturated rings. The lowest BCUT2D eigenvalue weighted by Crippen LogP contribution is -2.14. The lowest BCUT2D eigenvalue weighted by molar-refractivity contribution is 0.585. The minimum Gasteiger partial charge on any atom is -0.276 e. The predicted molar refractivity (Wildman–Crippen MR) is 96.2 cm³/mol. The first-order valence-corrected chi connectivity index (χ1v) is 9.53. The van der Waals surface area contributed by atoms with E-state index in [0.29, 0.717) is 11.4 Å². The third-order valence-electron chi connectivity index (χ3n) is 3.98. The minimum atomic E-state index is -3.82. The Morgan fingerprint density at radius 3 is 2.65 bits per heavy atom. The van der Waals surface area contributed by atoms with Crippen LogP contribution in [0.4, 0.5) is 10.1 Å². The van der Waals surface area contributed by atoms with E-state index in [1.54, 1.807) is 27.0 Å². The molecule has 2 heterocycles. The molecule has 2 aromatic heterocycles. The molecule has 26 heavy (non-hydrogen) atoms. The van der Waals surface area contributed by atoms with E-state index in [9.17, 15) is 12.8 Å². The standard InChI is InChI=1S/C16H17ClFN5O2S/c1-10-16(11(2)22(3)20-10)26(24,25)21-12-7-19-23(8-12)9-13-14(17)5-4-6-15(13)18/h4-8,21H,9H2,1-3H3. The zero-order valence-electron chi connectivity index (χ0n) is 14.4. The Morgan fingerprint density at radius 1 is 1.31 bits per heavy atom. The van der Waals surface area contributed by atoms with Crippen molar-refractivity contribution in [1.82, 2.24) is 19.6 Å². The molecule has 0 unspecified atom stereocenters. The second kappa shape index (κ2) is 6.73. The molecular formula is C16H17ClFN5O2S. The largest absolute Gasteiger partial charge is 0.276 e. The minimum absolute atomic E-state index is 0.0815. The van der Waals surface area contributed by atoms with Crippen molar-refractivity contribution in [3.05, 3.63) is 58.4 Å². The lowest BCUT2D eigenvalue weighted by Gasteiger charge is -2.07. The maximum Gasteiger partial charge on any atom is 0.265 e. The smallest absolute Gasteiger partial charge is 0.265 e. The van der Waals surface area contributed by atoms with Crippen molar-refractivity contribution in [2.45, 2.75) is 25.3 Å². The number of aromatic nitrogens is 4. The maximum absolute atomic E-state index is 13.9. The summed E-state index contributed by atoms with van der Waals surface area (Å²) in [6.07, 6.45) is 2.83. The van der Waals surface area contributed by atoms with E-state index in [1.807, 2.05) is 0 Å². The molecule has 3 rings (SSSR count). The third kappa shape index (κ3) is 3.45. The molecule has 10 heteroatoms. The van der Waals surface area contributed by atoms with Gasteiger partial charge in [0.1, 0.15) is 10.7 Å². The maximum atomic E-state index is 13.9. The van der Waals surface area contributed by atoms with Crippen molar-refractivity contribution in [2.24, 2.45) is 7.05 Å². The van der Waals surface area contributed by atoms with E-state index < -0.39 is 15.8 Å². The second-order valence-corrected chi connectivity index (χ2v) is 7.88. The van der Waals surface area contributed by atoms with Gasteiger partial charge in [-0.25, -0.2) is 12.8 Å². The van der Waals surface area contributed by atoms with Gasteiger partial charge in [0.15, 0.2) is 0 Å². The number of hydrogen-bond acceptors (Lipinski definition) is 4. The molecule has 0 aliphatic heterocycles. The van der Waals surface area contributed by atoms with Gasteiger partial charge < -0.3 is 0 Å². The summed E-state index contributed by atoms with van der Waals surface area (Å²) < 4.78 is 44.6. The van der Waals surface area contributed by atoms with Crippen molar-refractivity contribution in [2.75, 3.05) is 4.72 Å². The normalized spacial score (nSPS) is 11.7. The van der Waals surface area contributed by atoms with E-state index in [0.717, 1.165) is 0 Å². The van der Waals surface area contributed by atoms with Crippen LogP contribution in [0.3, 0.4) is 0 Å². The van der Waals surface area contributed by atoms with Crippen molar-refractivity contribution >= 4 is 27.3 Å². The van der Waals surface area contributed by atoms with Gasteiger partial charge in [-0.15, -0.1) is 0 Å². The van der Waals surface area contributed by atoms with Crippen LogP contribution in [0.25, 0.3) is 0 Å². The van der Waals surface area contributed by atoms with Gasteiger partial charge >= 0.3 is 0 Å². The Morgan fingerprint density at radius 2 is 2.04 bits per heavy atom. The Hall–Kier alpha value is -2.39. The second-order valence-electron chi connectivity index (χ2n) is 5.86. The molecule has 0 spiro atoms. The van der Waals surface area contributed by atoms with E-state index in [4.69, 9.17) is 11.6 Å². The van der Waals surface area contributed by atoms with Crippen molar-refractivity contribution in [1.29, 1.82) is 0 Å². The third-order valence-corrected chi connectivity index (χ3v) is 5.97. The van der Waals surface area contributed by atoms with Gasteiger partial charge in [-0.1, -0.05) is 17.7 Å². The fourth-order valence-electron chi connectivity index (χ4n) is 2.70. The summed E-state index contributed by atoms with van der Waals surface area (Å²) in [5.74, 6) is -0.447. The highest BCUT2D eigenvalue weighted by molar-refractivity contribution is 7.92. The number of aryl methyl sites for hydroxylation is 2. The first-order valence-electron chi connectivity index (χ1n) is 7.67. The first-order chi connectivity index (χ1) is 12.2. The molecule has 0 saturated heterocycles. The fraction of sp³-hybridized carbons (Fsp3) is 0.250. The van der Waals surface area contributed by atoms with Crippen LogP contribution < -0.4 is 4.72 Å². The summed E-state index contributed by atoms with van der Waals surface area (Å²) in [7, 11) is -2.14. The van der Waals surface area contributed by atoms with Gasteiger partial charge in [0.25, 0.3) is 10.0 Å². The summed E-state index contributed by atoms with van der Waals surface area (Å²) in [6, 6.07) is 4.41. The van der Waals surface area contributed by atoms with Gasteiger partial charge in [0.05, 0.1) is 29.8 Å². The van der Waals surface area contributed by atoms with E-state index in [-0.39, 0.29) is 27.7 Å². The Labute approximate surface area is 155 Å². The molecule has 0 aliphatic rings. The summed E-state index contributed by atoms with van der Waals surface area (Å²) in [5, 5.41) is 8.47.